The van der Waals surface area contributed by atoms with Crippen molar-refractivity contribution in [3.63, 3.8) is 0 Å². The van der Waals surface area contributed by atoms with Crippen LogP contribution in [0.3, 0.4) is 0 Å². The Balaban J connectivity index is 1.33. The lowest BCUT2D eigenvalue weighted by Crippen LogP contribution is -1.93. The molecule has 0 saturated carbocycles. The summed E-state index contributed by atoms with van der Waals surface area (Å²) in [4.78, 5) is 0. The molecule has 0 saturated heterocycles. The summed E-state index contributed by atoms with van der Waals surface area (Å²) in [7, 11) is 0. The van der Waals surface area contributed by atoms with Gasteiger partial charge in [0, 0.05) is 36.6 Å². The van der Waals surface area contributed by atoms with Crippen LogP contribution in [0.5, 0.6) is 0 Å². The number of fused-ring (bicyclic) bond motifs is 6. The second kappa shape index (κ2) is 8.44. The van der Waals surface area contributed by atoms with E-state index in [4.69, 9.17) is 0 Å². The lowest BCUT2D eigenvalue weighted by atomic mass is 10.0. The smallest absolute Gasteiger partial charge is 0.0541 e. The van der Waals surface area contributed by atoms with Gasteiger partial charge in [0.05, 0.1) is 11.0 Å². The predicted octanol–water partition coefficient (Wildman–Crippen LogP) is 10.5. The van der Waals surface area contributed by atoms with Crippen molar-refractivity contribution in [2.24, 2.45) is 0 Å². The zero-order valence-corrected chi connectivity index (χ0v) is 21.5. The standard InChI is InChI=1S/C36H23NS/c1-3-9-24(10-4-1)26-16-19-34-31(21-26)29-13-7-8-14-33(29)37(34)28-17-20-35-32(23-28)30-18-15-27(22-36(30)38-35)25-11-5-2-6-12-25/h1-23H. The molecule has 1 nitrogen and oxygen atoms in total. The Labute approximate surface area is 224 Å². The van der Waals surface area contributed by atoms with E-state index in [1.165, 1.54) is 69.9 Å². The van der Waals surface area contributed by atoms with Gasteiger partial charge in [0.25, 0.3) is 0 Å². The van der Waals surface area contributed by atoms with E-state index in [1.807, 2.05) is 11.3 Å². The molecule has 0 unspecified atom stereocenters. The number of hydrogen-bond acceptors (Lipinski definition) is 1. The molecule has 0 amide bonds. The number of para-hydroxylation sites is 1. The first-order valence-corrected chi connectivity index (χ1v) is 13.8. The van der Waals surface area contributed by atoms with Gasteiger partial charge in [0.15, 0.2) is 0 Å². The van der Waals surface area contributed by atoms with Crippen LogP contribution in [-0.4, -0.2) is 4.57 Å². The summed E-state index contributed by atoms with van der Waals surface area (Å²) in [5, 5.41) is 5.19. The van der Waals surface area contributed by atoms with Crippen LogP contribution in [0.25, 0.3) is 69.9 Å². The largest absolute Gasteiger partial charge is 0.309 e. The molecule has 8 rings (SSSR count). The molecule has 38 heavy (non-hydrogen) atoms. The highest BCUT2D eigenvalue weighted by molar-refractivity contribution is 7.25. The Hall–Kier alpha value is -4.66. The molecule has 0 spiro atoms. The van der Waals surface area contributed by atoms with Crippen LogP contribution in [0.4, 0.5) is 0 Å². The molecule has 2 heterocycles. The average Bonchev–Trinajstić information content (AvgIpc) is 3.52. The molecule has 2 aromatic heterocycles. The van der Waals surface area contributed by atoms with Gasteiger partial charge in [0.1, 0.15) is 0 Å². The summed E-state index contributed by atoms with van der Waals surface area (Å²) in [6.07, 6.45) is 0. The van der Waals surface area contributed by atoms with Crippen LogP contribution >= 0.6 is 11.3 Å². The van der Waals surface area contributed by atoms with Gasteiger partial charge in [-0.25, -0.2) is 0 Å². The maximum atomic E-state index is 2.42. The van der Waals surface area contributed by atoms with Gasteiger partial charge in [-0.3, -0.25) is 0 Å². The zero-order chi connectivity index (χ0) is 25.1. The first-order chi connectivity index (χ1) is 18.8. The molecule has 0 radical (unpaired) electrons. The molecule has 0 fully saturated rings. The second-order valence-corrected chi connectivity index (χ2v) is 10.9. The maximum Gasteiger partial charge on any atom is 0.0541 e. The maximum absolute atomic E-state index is 2.42. The fourth-order valence-electron chi connectivity index (χ4n) is 5.78. The molecular formula is C36H23NS. The van der Waals surface area contributed by atoms with Gasteiger partial charge in [-0.15, -0.1) is 11.3 Å². The molecule has 0 aliphatic heterocycles. The molecule has 0 aliphatic carbocycles. The van der Waals surface area contributed by atoms with E-state index in [1.54, 1.807) is 0 Å². The Morgan fingerprint density at radius 1 is 0.368 bits per heavy atom. The van der Waals surface area contributed by atoms with E-state index in [0.29, 0.717) is 0 Å². The van der Waals surface area contributed by atoms with Gasteiger partial charge in [-0.2, -0.15) is 0 Å². The summed E-state index contributed by atoms with van der Waals surface area (Å²) in [6.45, 7) is 0. The third-order valence-electron chi connectivity index (χ3n) is 7.60. The van der Waals surface area contributed by atoms with Crippen molar-refractivity contribution < 1.29 is 0 Å². The van der Waals surface area contributed by atoms with Gasteiger partial charge < -0.3 is 4.57 Å². The molecule has 2 heteroatoms. The van der Waals surface area contributed by atoms with E-state index in [0.717, 1.165) is 0 Å². The van der Waals surface area contributed by atoms with Gasteiger partial charge in [0.2, 0.25) is 0 Å². The van der Waals surface area contributed by atoms with Crippen molar-refractivity contribution in [3.05, 3.63) is 140 Å². The van der Waals surface area contributed by atoms with Crippen LogP contribution in [-0.2, 0) is 0 Å². The summed E-state index contributed by atoms with van der Waals surface area (Å²) in [5.41, 5.74) is 8.67. The van der Waals surface area contributed by atoms with Crippen LogP contribution in [0.2, 0.25) is 0 Å². The van der Waals surface area contributed by atoms with E-state index < -0.39 is 0 Å². The average molecular weight is 502 g/mol. The molecule has 178 valence electrons. The zero-order valence-electron chi connectivity index (χ0n) is 20.6. The summed E-state index contributed by atoms with van der Waals surface area (Å²) in [6, 6.07) is 50.7. The SMILES string of the molecule is c1ccc(-c2ccc3c(c2)sc2ccc(-n4c5ccccc5c5cc(-c6ccccc6)ccc54)cc23)cc1. The van der Waals surface area contributed by atoms with Gasteiger partial charge in [-0.05, 0) is 64.7 Å². The normalized spacial score (nSPS) is 11.7. The summed E-state index contributed by atoms with van der Waals surface area (Å²) in [5.74, 6) is 0. The number of nitrogens with zero attached hydrogens (tertiary/aromatic N) is 1. The lowest BCUT2D eigenvalue weighted by molar-refractivity contribution is 1.19. The molecule has 6 aromatic carbocycles. The lowest BCUT2D eigenvalue weighted by Gasteiger charge is -2.09. The van der Waals surface area contributed by atoms with Gasteiger partial charge >= 0.3 is 0 Å². The third kappa shape index (κ3) is 3.31. The highest BCUT2D eigenvalue weighted by Gasteiger charge is 2.15. The van der Waals surface area contributed by atoms with Gasteiger partial charge in [-0.1, -0.05) is 97.1 Å². The Morgan fingerprint density at radius 2 is 1.03 bits per heavy atom. The number of aromatic nitrogens is 1. The predicted molar refractivity (Wildman–Crippen MR) is 165 cm³/mol. The number of benzene rings is 6. The van der Waals surface area contributed by atoms with E-state index in [-0.39, 0.29) is 0 Å². The molecule has 0 atom stereocenters. The van der Waals surface area contributed by atoms with Crippen molar-refractivity contribution in [3.8, 4) is 27.9 Å². The highest BCUT2D eigenvalue weighted by Crippen LogP contribution is 2.40. The highest BCUT2D eigenvalue weighted by atomic mass is 32.1. The first-order valence-electron chi connectivity index (χ1n) is 12.9. The van der Waals surface area contributed by atoms with Crippen molar-refractivity contribution in [2.75, 3.05) is 0 Å². The van der Waals surface area contributed by atoms with E-state index in [9.17, 15) is 0 Å². The summed E-state index contributed by atoms with van der Waals surface area (Å²) < 4.78 is 5.06. The Kier molecular flexibility index (Phi) is 4.76. The Bertz CT molecular complexity index is 2110. The van der Waals surface area contributed by atoms with E-state index in [2.05, 4.69) is 144 Å². The monoisotopic (exact) mass is 501 g/mol. The third-order valence-corrected chi connectivity index (χ3v) is 8.73. The van der Waals surface area contributed by atoms with Crippen LogP contribution in [0, 0.1) is 0 Å². The number of rotatable bonds is 3. The van der Waals surface area contributed by atoms with Crippen molar-refractivity contribution in [1.29, 1.82) is 0 Å². The second-order valence-electron chi connectivity index (χ2n) is 9.81. The molecular weight excluding hydrogens is 478 g/mol. The minimum atomic E-state index is 1.20. The van der Waals surface area contributed by atoms with Crippen molar-refractivity contribution in [1.82, 2.24) is 4.57 Å². The van der Waals surface area contributed by atoms with Crippen LogP contribution < -0.4 is 0 Å². The minimum absolute atomic E-state index is 1.20. The minimum Gasteiger partial charge on any atom is -0.309 e. The molecule has 0 aliphatic rings. The number of hydrogen-bond donors (Lipinski definition) is 0. The van der Waals surface area contributed by atoms with Crippen molar-refractivity contribution >= 4 is 53.3 Å². The van der Waals surface area contributed by atoms with Crippen LogP contribution in [0.15, 0.2) is 140 Å². The van der Waals surface area contributed by atoms with E-state index >= 15 is 0 Å². The molecule has 8 aromatic rings. The first kappa shape index (κ1) is 21.4. The van der Waals surface area contributed by atoms with Crippen molar-refractivity contribution in [2.45, 2.75) is 0 Å². The fraction of sp³-hybridized carbons (Fsp3) is 0. The topological polar surface area (TPSA) is 4.93 Å². The molecule has 0 bridgehead atoms. The number of thiophene rings is 1. The van der Waals surface area contributed by atoms with Crippen LogP contribution in [0.1, 0.15) is 0 Å². The summed E-state index contributed by atoms with van der Waals surface area (Å²) >= 11 is 1.87. The Morgan fingerprint density at radius 3 is 1.82 bits per heavy atom. The quantitative estimate of drug-likeness (QED) is 0.227. The fourth-order valence-corrected chi connectivity index (χ4v) is 6.90. The molecule has 0 N–H and O–H groups in total.